The lowest BCUT2D eigenvalue weighted by Gasteiger charge is -2.23. The average molecular weight is 154 g/mol. The molecular weight excluding hydrogens is 140 g/mol. The van der Waals surface area contributed by atoms with Crippen molar-refractivity contribution in [3.8, 4) is 0 Å². The smallest absolute Gasteiger partial charge is 0.307 e. The van der Waals surface area contributed by atoms with Gasteiger partial charge in [0.1, 0.15) is 0 Å². The number of carboxylic acids is 1. The summed E-state index contributed by atoms with van der Waals surface area (Å²) in [6, 6.07) is 0. The second-order valence-electron chi connectivity index (χ2n) is 3.41. The van der Waals surface area contributed by atoms with Crippen LogP contribution in [-0.2, 0) is 4.79 Å². The van der Waals surface area contributed by atoms with E-state index in [4.69, 9.17) is 5.11 Å². The Hall–Kier alpha value is -0.790. The molecule has 0 aromatic carbocycles. The molecule has 0 aliphatic heterocycles. The van der Waals surface area contributed by atoms with Crippen molar-refractivity contribution in [3.63, 3.8) is 0 Å². The summed E-state index contributed by atoms with van der Waals surface area (Å²) < 4.78 is 0. The number of carbonyl (C=O) groups is 1. The highest BCUT2D eigenvalue weighted by atomic mass is 16.4. The van der Waals surface area contributed by atoms with Gasteiger partial charge in [-0.25, -0.2) is 0 Å². The first-order valence-electron chi connectivity index (χ1n) is 3.99. The Balaban J connectivity index is 2.65. The number of rotatable bonds is 1. The maximum Gasteiger partial charge on any atom is 0.307 e. The van der Waals surface area contributed by atoms with E-state index in [1.54, 1.807) is 0 Å². The predicted molar refractivity (Wildman–Crippen MR) is 43.3 cm³/mol. The molecule has 0 amide bonds. The van der Waals surface area contributed by atoms with Crippen molar-refractivity contribution in [2.45, 2.75) is 26.7 Å². The van der Waals surface area contributed by atoms with Crippen LogP contribution in [0.3, 0.4) is 0 Å². The van der Waals surface area contributed by atoms with Gasteiger partial charge in [-0.15, -0.1) is 0 Å². The molecule has 1 rings (SSSR count). The van der Waals surface area contributed by atoms with Crippen LogP contribution in [0.5, 0.6) is 0 Å². The fraction of sp³-hybridized carbons (Fsp3) is 0.667. The second-order valence-corrected chi connectivity index (χ2v) is 3.41. The van der Waals surface area contributed by atoms with Gasteiger partial charge in [0.2, 0.25) is 0 Å². The molecule has 1 aliphatic carbocycles. The largest absolute Gasteiger partial charge is 0.481 e. The molecule has 1 unspecified atom stereocenters. The van der Waals surface area contributed by atoms with Crippen LogP contribution < -0.4 is 0 Å². The minimum atomic E-state index is -0.652. The third kappa shape index (κ3) is 1.82. The molecule has 1 N–H and O–H groups in total. The molecule has 0 fully saturated rings. The lowest BCUT2D eigenvalue weighted by Crippen LogP contribution is -2.23. The van der Waals surface area contributed by atoms with Gasteiger partial charge < -0.3 is 5.11 Å². The normalized spacial score (nSPS) is 31.3. The number of aliphatic carboxylic acids is 1. The van der Waals surface area contributed by atoms with Crippen LogP contribution in [0.4, 0.5) is 0 Å². The number of hydrogen-bond acceptors (Lipinski definition) is 1. The summed E-state index contributed by atoms with van der Waals surface area (Å²) >= 11 is 0. The lowest BCUT2D eigenvalue weighted by atomic mass is 9.81. The molecule has 2 nitrogen and oxygen atoms in total. The Morgan fingerprint density at radius 1 is 1.73 bits per heavy atom. The first kappa shape index (κ1) is 8.31. The summed E-state index contributed by atoms with van der Waals surface area (Å²) in [4.78, 5) is 10.6. The van der Waals surface area contributed by atoms with E-state index in [0.29, 0.717) is 12.3 Å². The second kappa shape index (κ2) is 3.07. The van der Waals surface area contributed by atoms with Crippen molar-refractivity contribution in [3.05, 3.63) is 11.6 Å². The van der Waals surface area contributed by atoms with Crippen molar-refractivity contribution in [2.75, 3.05) is 0 Å². The summed E-state index contributed by atoms with van der Waals surface area (Å²) in [5.74, 6) is -0.502. The first-order valence-corrected chi connectivity index (χ1v) is 3.99. The van der Waals surface area contributed by atoms with E-state index >= 15 is 0 Å². The highest BCUT2D eigenvalue weighted by Gasteiger charge is 2.26. The molecule has 2 heteroatoms. The van der Waals surface area contributed by atoms with Crippen LogP contribution in [0, 0.1) is 11.8 Å². The van der Waals surface area contributed by atoms with Gasteiger partial charge in [-0.2, -0.15) is 0 Å². The van der Waals surface area contributed by atoms with Crippen LogP contribution in [0.2, 0.25) is 0 Å². The van der Waals surface area contributed by atoms with Crippen molar-refractivity contribution in [1.82, 2.24) is 0 Å². The van der Waals surface area contributed by atoms with Crippen LogP contribution >= 0.6 is 0 Å². The Morgan fingerprint density at radius 2 is 2.36 bits per heavy atom. The first-order chi connectivity index (χ1) is 5.11. The van der Waals surface area contributed by atoms with E-state index in [1.165, 1.54) is 5.57 Å². The minimum Gasteiger partial charge on any atom is -0.481 e. The molecule has 2 atom stereocenters. The average Bonchev–Trinajstić information content (AvgIpc) is 1.85. The van der Waals surface area contributed by atoms with Crippen molar-refractivity contribution < 1.29 is 9.90 Å². The Kier molecular flexibility index (Phi) is 2.32. The number of hydrogen-bond donors (Lipinski definition) is 1. The topological polar surface area (TPSA) is 37.3 Å². The van der Waals surface area contributed by atoms with E-state index in [9.17, 15) is 4.79 Å². The van der Waals surface area contributed by atoms with Gasteiger partial charge in [0.25, 0.3) is 0 Å². The Labute approximate surface area is 66.9 Å². The summed E-state index contributed by atoms with van der Waals surface area (Å²) in [7, 11) is 0. The third-order valence-electron chi connectivity index (χ3n) is 2.37. The summed E-state index contributed by atoms with van der Waals surface area (Å²) in [6.07, 6.45) is 3.69. The standard InChI is InChI=1S/C9H14O2/c1-6-3-4-8(9(10)11)7(2)5-6/h3,7-8H,4-5H2,1-2H3,(H,10,11)/t7-,8?/m0/s1. The van der Waals surface area contributed by atoms with Crippen molar-refractivity contribution in [1.29, 1.82) is 0 Å². The van der Waals surface area contributed by atoms with Crippen LogP contribution in [0.15, 0.2) is 11.6 Å². The fourth-order valence-electron chi connectivity index (χ4n) is 1.64. The highest BCUT2D eigenvalue weighted by Crippen LogP contribution is 2.28. The molecule has 62 valence electrons. The third-order valence-corrected chi connectivity index (χ3v) is 2.37. The SMILES string of the molecule is CC1=CCC(C(=O)O)[C@@H](C)C1. The molecule has 0 aromatic heterocycles. The van der Waals surface area contributed by atoms with Gasteiger partial charge >= 0.3 is 5.97 Å². The predicted octanol–water partition coefficient (Wildman–Crippen LogP) is 2.06. The molecular formula is C9H14O2. The van der Waals surface area contributed by atoms with E-state index in [1.807, 2.05) is 13.0 Å². The van der Waals surface area contributed by atoms with Gasteiger partial charge in [-0.3, -0.25) is 4.79 Å². The van der Waals surface area contributed by atoms with Crippen molar-refractivity contribution in [2.24, 2.45) is 11.8 Å². The zero-order valence-electron chi connectivity index (χ0n) is 7.00. The Bertz CT molecular complexity index is 194. The molecule has 11 heavy (non-hydrogen) atoms. The van der Waals surface area contributed by atoms with Crippen LogP contribution in [0.1, 0.15) is 26.7 Å². The molecule has 0 heterocycles. The maximum absolute atomic E-state index is 10.6. The fourth-order valence-corrected chi connectivity index (χ4v) is 1.64. The maximum atomic E-state index is 10.6. The zero-order chi connectivity index (χ0) is 8.43. The highest BCUT2D eigenvalue weighted by molar-refractivity contribution is 5.70. The van der Waals surface area contributed by atoms with E-state index in [0.717, 1.165) is 6.42 Å². The van der Waals surface area contributed by atoms with E-state index in [-0.39, 0.29) is 5.92 Å². The Morgan fingerprint density at radius 3 is 2.82 bits per heavy atom. The molecule has 0 spiro atoms. The van der Waals surface area contributed by atoms with Crippen LogP contribution in [0.25, 0.3) is 0 Å². The summed E-state index contributed by atoms with van der Waals surface area (Å²) in [5.41, 5.74) is 1.33. The van der Waals surface area contributed by atoms with Crippen molar-refractivity contribution >= 4 is 5.97 Å². The van der Waals surface area contributed by atoms with Crippen LogP contribution in [-0.4, -0.2) is 11.1 Å². The molecule has 0 radical (unpaired) electrons. The van der Waals surface area contributed by atoms with Gasteiger partial charge in [0.15, 0.2) is 0 Å². The van der Waals surface area contributed by atoms with E-state index < -0.39 is 5.97 Å². The molecule has 0 saturated heterocycles. The van der Waals surface area contributed by atoms with Gasteiger partial charge in [0.05, 0.1) is 5.92 Å². The number of carboxylic acid groups (broad SMARTS) is 1. The number of allylic oxidation sites excluding steroid dienone is 2. The monoisotopic (exact) mass is 154 g/mol. The molecule has 0 aromatic rings. The van der Waals surface area contributed by atoms with E-state index in [2.05, 4.69) is 6.92 Å². The quantitative estimate of drug-likeness (QED) is 0.587. The summed E-state index contributed by atoms with van der Waals surface area (Å²) in [6.45, 7) is 4.07. The van der Waals surface area contributed by atoms with Gasteiger partial charge in [-0.05, 0) is 25.7 Å². The van der Waals surface area contributed by atoms with Gasteiger partial charge in [0, 0.05) is 0 Å². The zero-order valence-corrected chi connectivity index (χ0v) is 7.00. The summed E-state index contributed by atoms with van der Waals surface area (Å²) in [5, 5.41) is 8.77. The van der Waals surface area contributed by atoms with Gasteiger partial charge in [-0.1, -0.05) is 18.6 Å². The molecule has 0 bridgehead atoms. The molecule has 1 aliphatic rings. The lowest BCUT2D eigenvalue weighted by molar-refractivity contribution is -0.143. The molecule has 0 saturated carbocycles. The minimum absolute atomic E-state index is 0.154.